The maximum atomic E-state index is 11.4. The van der Waals surface area contributed by atoms with E-state index in [1.807, 2.05) is 20.8 Å². The standard InChI is InChI=1S/C10H17NO4/c1-5-14-8(12)7-6-11(9(13)15-7)10(2,3)4/h7H,5-6H2,1-4H3. The number of ether oxygens (including phenoxy) is 2. The summed E-state index contributed by atoms with van der Waals surface area (Å²) in [5.74, 6) is -0.474. The van der Waals surface area contributed by atoms with Crippen LogP contribution in [0.1, 0.15) is 27.7 Å². The van der Waals surface area contributed by atoms with Gasteiger partial charge in [-0.3, -0.25) is 4.90 Å². The Morgan fingerprint density at radius 2 is 2.20 bits per heavy atom. The van der Waals surface area contributed by atoms with Gasteiger partial charge in [0.25, 0.3) is 0 Å². The number of rotatable bonds is 2. The number of hydrogen-bond acceptors (Lipinski definition) is 4. The first kappa shape index (κ1) is 11.8. The van der Waals surface area contributed by atoms with Gasteiger partial charge in [-0.15, -0.1) is 0 Å². The highest BCUT2D eigenvalue weighted by Gasteiger charge is 2.41. The molecule has 0 radical (unpaired) electrons. The number of amides is 1. The lowest BCUT2D eigenvalue weighted by molar-refractivity contribution is -0.151. The molecule has 86 valence electrons. The summed E-state index contributed by atoms with van der Waals surface area (Å²) in [5.41, 5.74) is -0.335. The molecule has 1 heterocycles. The molecule has 0 bridgehead atoms. The highest BCUT2D eigenvalue weighted by Crippen LogP contribution is 2.22. The lowest BCUT2D eigenvalue weighted by Crippen LogP contribution is -2.42. The topological polar surface area (TPSA) is 55.8 Å². The van der Waals surface area contributed by atoms with Crippen LogP contribution in [0.25, 0.3) is 0 Å². The first-order chi connectivity index (χ1) is 6.86. The van der Waals surface area contributed by atoms with E-state index in [0.717, 1.165) is 0 Å². The fourth-order valence-corrected chi connectivity index (χ4v) is 1.37. The van der Waals surface area contributed by atoms with Crippen molar-refractivity contribution in [2.45, 2.75) is 39.3 Å². The van der Waals surface area contributed by atoms with E-state index >= 15 is 0 Å². The summed E-state index contributed by atoms with van der Waals surface area (Å²) in [6.07, 6.45) is -1.24. The van der Waals surface area contributed by atoms with Crippen LogP contribution < -0.4 is 0 Å². The number of hydrogen-bond donors (Lipinski definition) is 0. The van der Waals surface area contributed by atoms with Gasteiger partial charge in [0, 0.05) is 5.54 Å². The Hall–Kier alpha value is -1.26. The molecular formula is C10H17NO4. The Morgan fingerprint density at radius 3 is 2.60 bits per heavy atom. The van der Waals surface area contributed by atoms with Gasteiger partial charge in [0.15, 0.2) is 0 Å². The second kappa shape index (κ2) is 4.08. The Balaban J connectivity index is 2.64. The quantitative estimate of drug-likeness (QED) is 0.649. The van der Waals surface area contributed by atoms with Crippen LogP contribution in [0, 0.1) is 0 Å². The van der Waals surface area contributed by atoms with E-state index in [-0.39, 0.29) is 12.1 Å². The van der Waals surface area contributed by atoms with Crippen molar-refractivity contribution in [3.63, 3.8) is 0 Å². The van der Waals surface area contributed by atoms with Gasteiger partial charge >= 0.3 is 12.1 Å². The van der Waals surface area contributed by atoms with Crippen LogP contribution in [0.5, 0.6) is 0 Å². The lowest BCUT2D eigenvalue weighted by Gasteiger charge is -2.28. The summed E-state index contributed by atoms with van der Waals surface area (Å²) in [6.45, 7) is 7.95. The first-order valence-corrected chi connectivity index (χ1v) is 5.01. The lowest BCUT2D eigenvalue weighted by atomic mass is 10.1. The van der Waals surface area contributed by atoms with E-state index < -0.39 is 18.2 Å². The molecule has 0 aromatic heterocycles. The Bertz CT molecular complexity index is 269. The minimum absolute atomic E-state index is 0.265. The molecule has 1 atom stereocenters. The molecule has 1 amide bonds. The average Bonchev–Trinajstić information content (AvgIpc) is 2.47. The van der Waals surface area contributed by atoms with Gasteiger partial charge in [-0.2, -0.15) is 0 Å². The van der Waals surface area contributed by atoms with E-state index in [0.29, 0.717) is 6.61 Å². The number of esters is 1. The van der Waals surface area contributed by atoms with E-state index in [9.17, 15) is 9.59 Å². The Morgan fingerprint density at radius 1 is 1.60 bits per heavy atom. The van der Waals surface area contributed by atoms with Gasteiger partial charge in [0.05, 0.1) is 13.2 Å². The largest absolute Gasteiger partial charge is 0.463 e. The highest BCUT2D eigenvalue weighted by molar-refractivity contribution is 5.82. The van der Waals surface area contributed by atoms with Gasteiger partial charge in [-0.05, 0) is 27.7 Å². The summed E-state index contributed by atoms with van der Waals surface area (Å²) < 4.78 is 9.72. The number of nitrogens with zero attached hydrogens (tertiary/aromatic N) is 1. The van der Waals surface area contributed by atoms with Crippen molar-refractivity contribution in [3.05, 3.63) is 0 Å². The van der Waals surface area contributed by atoms with Gasteiger partial charge in [0.2, 0.25) is 6.10 Å². The third-order valence-electron chi connectivity index (χ3n) is 2.17. The Labute approximate surface area is 89.3 Å². The maximum absolute atomic E-state index is 11.4. The molecule has 1 fully saturated rings. The normalized spacial score (nSPS) is 21.5. The average molecular weight is 215 g/mol. The van der Waals surface area contributed by atoms with E-state index in [4.69, 9.17) is 9.47 Å². The molecule has 1 aliphatic heterocycles. The van der Waals surface area contributed by atoms with Crippen LogP contribution in [0.15, 0.2) is 0 Å². The second-order valence-corrected chi connectivity index (χ2v) is 4.41. The molecule has 1 rings (SSSR count). The molecular weight excluding hydrogens is 198 g/mol. The minimum Gasteiger partial charge on any atom is -0.463 e. The molecule has 1 aliphatic rings. The van der Waals surface area contributed by atoms with Crippen molar-refractivity contribution in [1.29, 1.82) is 0 Å². The monoisotopic (exact) mass is 215 g/mol. The predicted octanol–water partition coefficient (Wildman–Crippen LogP) is 1.17. The van der Waals surface area contributed by atoms with Crippen LogP contribution >= 0.6 is 0 Å². The van der Waals surface area contributed by atoms with E-state index in [1.54, 1.807) is 6.92 Å². The van der Waals surface area contributed by atoms with Crippen molar-refractivity contribution < 1.29 is 19.1 Å². The van der Waals surface area contributed by atoms with Gasteiger partial charge in [-0.25, -0.2) is 9.59 Å². The number of carbonyl (C=O) groups is 2. The molecule has 5 heteroatoms. The molecule has 1 saturated heterocycles. The molecule has 1 unspecified atom stereocenters. The summed E-state index contributed by atoms with van der Waals surface area (Å²) in [7, 11) is 0. The zero-order valence-electron chi connectivity index (χ0n) is 9.57. The molecule has 15 heavy (non-hydrogen) atoms. The predicted molar refractivity (Wildman–Crippen MR) is 53.4 cm³/mol. The highest BCUT2D eigenvalue weighted by atomic mass is 16.6. The zero-order chi connectivity index (χ0) is 11.6. The van der Waals surface area contributed by atoms with Crippen molar-refractivity contribution in [2.24, 2.45) is 0 Å². The fraction of sp³-hybridized carbons (Fsp3) is 0.800. The van der Waals surface area contributed by atoms with Crippen LogP contribution in [-0.4, -0.2) is 41.8 Å². The molecule has 5 nitrogen and oxygen atoms in total. The third-order valence-corrected chi connectivity index (χ3v) is 2.17. The van der Waals surface area contributed by atoms with Crippen LogP contribution in [0.2, 0.25) is 0 Å². The van der Waals surface area contributed by atoms with Crippen LogP contribution in [0.3, 0.4) is 0 Å². The third kappa shape index (κ3) is 2.61. The maximum Gasteiger partial charge on any atom is 0.411 e. The summed E-state index contributed by atoms with van der Waals surface area (Å²) in [4.78, 5) is 24.3. The smallest absolute Gasteiger partial charge is 0.411 e. The summed E-state index contributed by atoms with van der Waals surface area (Å²) in [6, 6.07) is 0. The van der Waals surface area contributed by atoms with Crippen LogP contribution in [-0.2, 0) is 14.3 Å². The fourth-order valence-electron chi connectivity index (χ4n) is 1.37. The van der Waals surface area contributed by atoms with Crippen molar-refractivity contribution in [3.8, 4) is 0 Å². The number of cyclic esters (lactones) is 1. The molecule has 0 aliphatic carbocycles. The second-order valence-electron chi connectivity index (χ2n) is 4.41. The SMILES string of the molecule is CCOC(=O)C1CN(C(C)(C)C)C(=O)O1. The van der Waals surface area contributed by atoms with Gasteiger partial charge in [0.1, 0.15) is 0 Å². The van der Waals surface area contributed by atoms with E-state index in [2.05, 4.69) is 0 Å². The summed E-state index contributed by atoms with van der Waals surface area (Å²) >= 11 is 0. The van der Waals surface area contributed by atoms with Crippen molar-refractivity contribution in [1.82, 2.24) is 4.90 Å². The van der Waals surface area contributed by atoms with Gasteiger partial charge < -0.3 is 9.47 Å². The van der Waals surface area contributed by atoms with Crippen molar-refractivity contribution >= 4 is 12.1 Å². The van der Waals surface area contributed by atoms with Gasteiger partial charge in [-0.1, -0.05) is 0 Å². The number of carbonyl (C=O) groups excluding carboxylic acids is 2. The van der Waals surface area contributed by atoms with Crippen molar-refractivity contribution in [2.75, 3.05) is 13.2 Å². The molecule has 0 N–H and O–H groups in total. The zero-order valence-corrected chi connectivity index (χ0v) is 9.57. The van der Waals surface area contributed by atoms with E-state index in [1.165, 1.54) is 4.90 Å². The Kier molecular flexibility index (Phi) is 3.21. The minimum atomic E-state index is -0.781. The molecule has 0 saturated carbocycles. The van der Waals surface area contributed by atoms with Crippen LogP contribution in [0.4, 0.5) is 4.79 Å². The molecule has 0 spiro atoms. The molecule has 0 aromatic rings. The molecule has 0 aromatic carbocycles. The summed E-state index contributed by atoms with van der Waals surface area (Å²) in [5, 5.41) is 0. The first-order valence-electron chi connectivity index (χ1n) is 5.01.